The summed E-state index contributed by atoms with van der Waals surface area (Å²) in [7, 11) is -3.51. The van der Waals surface area contributed by atoms with Crippen molar-refractivity contribution in [1.82, 2.24) is 4.72 Å². The first-order valence-corrected chi connectivity index (χ1v) is 10.0. The molecule has 0 aliphatic heterocycles. The highest BCUT2D eigenvalue weighted by Crippen LogP contribution is 2.20. The molecule has 0 aliphatic carbocycles. The Morgan fingerprint density at radius 2 is 1.67 bits per heavy atom. The van der Waals surface area contributed by atoms with Crippen molar-refractivity contribution in [2.24, 2.45) is 17.6 Å². The van der Waals surface area contributed by atoms with Gasteiger partial charge in [0.15, 0.2) is 0 Å². The number of hydrogen-bond acceptors (Lipinski definition) is 3. The highest BCUT2D eigenvalue weighted by Gasteiger charge is 2.19. The van der Waals surface area contributed by atoms with Gasteiger partial charge in [0.05, 0.1) is 4.90 Å². The highest BCUT2D eigenvalue weighted by molar-refractivity contribution is 7.89. The maximum absolute atomic E-state index is 12.6. The normalized spacial score (nSPS) is 14.9. The van der Waals surface area contributed by atoms with E-state index >= 15 is 0 Å². The molecule has 0 heterocycles. The molecule has 3 N–H and O–H groups in total. The van der Waals surface area contributed by atoms with Crippen LogP contribution in [0.4, 0.5) is 0 Å². The summed E-state index contributed by atoms with van der Waals surface area (Å²) in [5.74, 6) is 0.942. The van der Waals surface area contributed by atoms with Gasteiger partial charge < -0.3 is 5.73 Å². The second-order valence-corrected chi connectivity index (χ2v) is 8.56. The lowest BCUT2D eigenvalue weighted by molar-refractivity contribution is 0.346. The SMILES string of the molecule is CC(CCC(CN)C(C)C)NS(=O)(=O)c1ccc2ccccc2c1. The van der Waals surface area contributed by atoms with E-state index in [9.17, 15) is 8.42 Å². The molecule has 0 aliphatic rings. The molecule has 0 saturated heterocycles. The van der Waals surface area contributed by atoms with Crippen molar-refractivity contribution >= 4 is 20.8 Å². The summed E-state index contributed by atoms with van der Waals surface area (Å²) >= 11 is 0. The Morgan fingerprint density at radius 3 is 2.29 bits per heavy atom. The van der Waals surface area contributed by atoms with Crippen LogP contribution in [0.15, 0.2) is 47.4 Å². The molecular formula is C19H28N2O2S. The van der Waals surface area contributed by atoms with Crippen molar-refractivity contribution in [3.63, 3.8) is 0 Å². The Labute approximate surface area is 145 Å². The van der Waals surface area contributed by atoms with Gasteiger partial charge in [0.25, 0.3) is 0 Å². The van der Waals surface area contributed by atoms with Gasteiger partial charge in [0.2, 0.25) is 10.0 Å². The monoisotopic (exact) mass is 348 g/mol. The zero-order chi connectivity index (χ0) is 17.7. The van der Waals surface area contributed by atoms with Crippen molar-refractivity contribution in [3.8, 4) is 0 Å². The van der Waals surface area contributed by atoms with E-state index in [2.05, 4.69) is 18.6 Å². The maximum Gasteiger partial charge on any atom is 0.240 e. The summed E-state index contributed by atoms with van der Waals surface area (Å²) in [4.78, 5) is 0.312. The number of benzene rings is 2. The standard InChI is InChI=1S/C19H28N2O2S/c1-14(2)18(13-20)9-8-15(3)21-24(22,23)19-11-10-16-6-4-5-7-17(16)12-19/h4-7,10-12,14-15,18,21H,8-9,13,20H2,1-3H3. The molecule has 2 atom stereocenters. The molecule has 2 aromatic rings. The van der Waals surface area contributed by atoms with Crippen LogP contribution in [0, 0.1) is 11.8 Å². The van der Waals surface area contributed by atoms with E-state index < -0.39 is 10.0 Å². The number of nitrogens with two attached hydrogens (primary N) is 1. The summed E-state index contributed by atoms with van der Waals surface area (Å²) in [5, 5.41) is 1.96. The third kappa shape index (κ3) is 4.79. The molecule has 0 aromatic heterocycles. The molecule has 0 amide bonds. The number of fused-ring (bicyclic) bond motifs is 1. The average Bonchev–Trinajstić information content (AvgIpc) is 2.54. The zero-order valence-corrected chi connectivity index (χ0v) is 15.5. The quantitative estimate of drug-likeness (QED) is 0.767. The second-order valence-electron chi connectivity index (χ2n) is 6.85. The maximum atomic E-state index is 12.6. The lowest BCUT2D eigenvalue weighted by Gasteiger charge is -2.21. The summed E-state index contributed by atoms with van der Waals surface area (Å²) in [6, 6.07) is 12.9. The van der Waals surface area contributed by atoms with Gasteiger partial charge >= 0.3 is 0 Å². The van der Waals surface area contributed by atoms with Crippen molar-refractivity contribution in [3.05, 3.63) is 42.5 Å². The van der Waals surface area contributed by atoms with Crippen LogP contribution in [0.1, 0.15) is 33.6 Å². The molecule has 0 fully saturated rings. The highest BCUT2D eigenvalue weighted by atomic mass is 32.2. The van der Waals surface area contributed by atoms with Gasteiger partial charge in [-0.05, 0) is 61.1 Å². The largest absolute Gasteiger partial charge is 0.330 e. The van der Waals surface area contributed by atoms with Gasteiger partial charge in [-0.1, -0.05) is 44.2 Å². The first-order valence-electron chi connectivity index (χ1n) is 8.54. The summed E-state index contributed by atoms with van der Waals surface area (Å²) < 4.78 is 28.0. The van der Waals surface area contributed by atoms with Gasteiger partial charge in [-0.25, -0.2) is 13.1 Å². The van der Waals surface area contributed by atoms with Gasteiger partial charge in [0.1, 0.15) is 0 Å². The van der Waals surface area contributed by atoms with Crippen LogP contribution >= 0.6 is 0 Å². The molecule has 0 spiro atoms. The molecule has 2 unspecified atom stereocenters. The molecule has 132 valence electrons. The predicted octanol–water partition coefficient (Wildman–Crippen LogP) is 3.52. The molecule has 4 nitrogen and oxygen atoms in total. The molecular weight excluding hydrogens is 320 g/mol. The van der Waals surface area contributed by atoms with E-state index in [0.29, 0.717) is 23.3 Å². The molecule has 2 aromatic carbocycles. The fourth-order valence-corrected chi connectivity index (χ4v) is 4.23. The lowest BCUT2D eigenvalue weighted by Crippen LogP contribution is -2.33. The summed E-state index contributed by atoms with van der Waals surface area (Å²) in [5.41, 5.74) is 5.79. The Kier molecular flexibility index (Phi) is 6.38. The first-order chi connectivity index (χ1) is 11.3. The fourth-order valence-electron chi connectivity index (χ4n) is 2.91. The zero-order valence-electron chi connectivity index (χ0n) is 14.7. The fraction of sp³-hybridized carbons (Fsp3) is 0.474. The Morgan fingerprint density at radius 1 is 1.00 bits per heavy atom. The van der Waals surface area contributed by atoms with Gasteiger partial charge in [-0.2, -0.15) is 0 Å². The summed E-state index contributed by atoms with van der Waals surface area (Å²) in [6.45, 7) is 6.86. The van der Waals surface area contributed by atoms with E-state index in [1.54, 1.807) is 12.1 Å². The summed E-state index contributed by atoms with van der Waals surface area (Å²) in [6.07, 6.45) is 1.71. The predicted molar refractivity (Wildman–Crippen MR) is 100 cm³/mol. The van der Waals surface area contributed by atoms with Crippen LogP contribution in [0.2, 0.25) is 0 Å². The molecule has 2 rings (SSSR count). The van der Waals surface area contributed by atoms with Crippen LogP contribution in [0.25, 0.3) is 10.8 Å². The van der Waals surface area contributed by atoms with E-state index in [1.165, 1.54) is 0 Å². The molecule has 0 bridgehead atoms. The number of nitrogens with one attached hydrogen (secondary N) is 1. The van der Waals surface area contributed by atoms with E-state index in [-0.39, 0.29) is 6.04 Å². The third-order valence-corrected chi connectivity index (χ3v) is 6.19. The molecule has 24 heavy (non-hydrogen) atoms. The second kappa shape index (κ2) is 8.10. The number of rotatable bonds is 8. The Balaban J connectivity index is 2.06. The Bertz CT molecular complexity index is 772. The number of sulfonamides is 1. The first kappa shape index (κ1) is 18.9. The minimum absolute atomic E-state index is 0.116. The van der Waals surface area contributed by atoms with Gasteiger partial charge in [0, 0.05) is 6.04 Å². The third-order valence-electron chi connectivity index (χ3n) is 4.60. The van der Waals surface area contributed by atoms with Crippen LogP contribution in [-0.2, 0) is 10.0 Å². The molecule has 0 radical (unpaired) electrons. The smallest absolute Gasteiger partial charge is 0.240 e. The van der Waals surface area contributed by atoms with Crippen LogP contribution in [0.3, 0.4) is 0 Å². The van der Waals surface area contributed by atoms with Crippen molar-refractivity contribution in [1.29, 1.82) is 0 Å². The number of hydrogen-bond donors (Lipinski definition) is 2. The minimum Gasteiger partial charge on any atom is -0.330 e. The van der Waals surface area contributed by atoms with E-state index in [1.807, 2.05) is 37.3 Å². The topological polar surface area (TPSA) is 72.2 Å². The lowest BCUT2D eigenvalue weighted by atomic mass is 9.90. The van der Waals surface area contributed by atoms with Gasteiger partial charge in [-0.3, -0.25) is 0 Å². The van der Waals surface area contributed by atoms with Crippen molar-refractivity contribution < 1.29 is 8.42 Å². The van der Waals surface area contributed by atoms with E-state index in [0.717, 1.165) is 23.6 Å². The Hall–Kier alpha value is -1.43. The molecule has 5 heteroatoms. The van der Waals surface area contributed by atoms with Crippen LogP contribution < -0.4 is 10.5 Å². The molecule has 0 saturated carbocycles. The minimum atomic E-state index is -3.51. The van der Waals surface area contributed by atoms with Crippen LogP contribution in [-0.4, -0.2) is 21.0 Å². The van der Waals surface area contributed by atoms with Gasteiger partial charge in [-0.15, -0.1) is 0 Å². The van der Waals surface area contributed by atoms with Crippen LogP contribution in [0.5, 0.6) is 0 Å². The van der Waals surface area contributed by atoms with Crippen molar-refractivity contribution in [2.45, 2.75) is 44.6 Å². The van der Waals surface area contributed by atoms with Crippen molar-refractivity contribution in [2.75, 3.05) is 6.54 Å². The van der Waals surface area contributed by atoms with E-state index in [4.69, 9.17) is 5.73 Å². The average molecular weight is 349 g/mol.